The van der Waals surface area contributed by atoms with Gasteiger partial charge in [0, 0.05) is 6.54 Å². The molecule has 0 unspecified atom stereocenters. The number of hydrogen-bond acceptors (Lipinski definition) is 4. The summed E-state index contributed by atoms with van der Waals surface area (Å²) in [5.74, 6) is 2.25. The van der Waals surface area contributed by atoms with Crippen molar-refractivity contribution in [3.05, 3.63) is 11.9 Å². The molecule has 0 saturated carbocycles. The highest BCUT2D eigenvalue weighted by atomic mass is 16.5. The number of hydrogen-bond donors (Lipinski definition) is 1. The van der Waals surface area contributed by atoms with Crippen LogP contribution in [0.5, 0.6) is 5.88 Å². The number of nitrogens with one attached hydrogen (secondary N) is 1. The normalized spacial score (nSPS) is 10.6. The van der Waals surface area contributed by atoms with Crippen LogP contribution in [-0.4, -0.2) is 23.1 Å². The predicted molar refractivity (Wildman–Crippen MR) is 70.5 cm³/mol. The summed E-state index contributed by atoms with van der Waals surface area (Å²) in [4.78, 5) is 8.38. The van der Waals surface area contributed by atoms with Crippen molar-refractivity contribution in [3.63, 3.8) is 0 Å². The molecule has 1 rings (SSSR count). The van der Waals surface area contributed by atoms with Gasteiger partial charge in [0.2, 0.25) is 5.88 Å². The van der Waals surface area contributed by atoms with Gasteiger partial charge in [0.15, 0.2) is 0 Å². The number of ether oxygens (including phenoxy) is 1. The molecule has 0 aliphatic heterocycles. The van der Waals surface area contributed by atoms with Crippen molar-refractivity contribution in [3.8, 4) is 5.88 Å². The van der Waals surface area contributed by atoms with E-state index in [0.29, 0.717) is 18.4 Å². The molecule has 0 radical (unpaired) electrons. The van der Waals surface area contributed by atoms with Gasteiger partial charge in [-0.05, 0) is 19.8 Å². The topological polar surface area (TPSA) is 47.0 Å². The highest BCUT2D eigenvalue weighted by Crippen LogP contribution is 2.21. The molecule has 4 heteroatoms. The van der Waals surface area contributed by atoms with Crippen molar-refractivity contribution in [1.29, 1.82) is 0 Å². The number of nitrogens with zero attached hydrogens (tertiary/aromatic N) is 2. The van der Waals surface area contributed by atoms with Crippen molar-refractivity contribution < 1.29 is 4.74 Å². The minimum Gasteiger partial charge on any atom is -0.478 e. The third-order valence-electron chi connectivity index (χ3n) is 3.03. The number of rotatable bonds is 7. The minimum atomic E-state index is 0.629. The highest BCUT2D eigenvalue weighted by molar-refractivity contribution is 5.47. The van der Waals surface area contributed by atoms with Gasteiger partial charge in [0.1, 0.15) is 12.1 Å². The molecular weight excluding hydrogens is 214 g/mol. The Kier molecular flexibility index (Phi) is 5.73. The molecule has 17 heavy (non-hydrogen) atoms. The summed E-state index contributed by atoms with van der Waals surface area (Å²) >= 11 is 0. The van der Waals surface area contributed by atoms with Crippen LogP contribution in [0.1, 0.15) is 39.2 Å². The molecule has 96 valence electrons. The summed E-state index contributed by atoms with van der Waals surface area (Å²) in [6.07, 6.45) is 3.92. The molecule has 1 N–H and O–H groups in total. The molecule has 0 atom stereocenters. The number of aromatic nitrogens is 2. The second-order valence-electron chi connectivity index (χ2n) is 4.15. The first-order valence-electron chi connectivity index (χ1n) is 6.41. The molecular formula is C13H23N3O. The molecule has 0 aliphatic carbocycles. The standard InChI is InChI=1S/C13H23N3O/c1-5-11(6-2)8-14-12-10(4)13(17-7-3)16-9-15-12/h9,11H,5-8H2,1-4H3,(H,14,15,16). The first kappa shape index (κ1) is 13.7. The van der Waals surface area contributed by atoms with Gasteiger partial charge in [-0.1, -0.05) is 26.7 Å². The second-order valence-corrected chi connectivity index (χ2v) is 4.15. The fourth-order valence-electron chi connectivity index (χ4n) is 1.71. The van der Waals surface area contributed by atoms with Crippen LogP contribution < -0.4 is 10.1 Å². The van der Waals surface area contributed by atoms with Gasteiger partial charge in [-0.2, -0.15) is 0 Å². The molecule has 0 bridgehead atoms. The maximum atomic E-state index is 5.45. The SMILES string of the molecule is CCOc1ncnc(NCC(CC)CC)c1C. The second kappa shape index (κ2) is 7.09. The van der Waals surface area contributed by atoms with Crippen LogP contribution in [0, 0.1) is 12.8 Å². The first-order valence-corrected chi connectivity index (χ1v) is 6.41. The van der Waals surface area contributed by atoms with Crippen LogP contribution in [0.2, 0.25) is 0 Å². The quantitative estimate of drug-likeness (QED) is 0.792. The molecule has 1 aromatic heterocycles. The molecule has 0 aromatic carbocycles. The Labute approximate surface area is 104 Å². The Balaban J connectivity index is 2.67. The fraction of sp³-hybridized carbons (Fsp3) is 0.692. The van der Waals surface area contributed by atoms with Gasteiger partial charge in [-0.3, -0.25) is 0 Å². The van der Waals surface area contributed by atoms with Crippen LogP contribution in [0.3, 0.4) is 0 Å². The van der Waals surface area contributed by atoms with Gasteiger partial charge < -0.3 is 10.1 Å². The third kappa shape index (κ3) is 3.88. The van der Waals surface area contributed by atoms with E-state index in [0.717, 1.165) is 17.9 Å². The van der Waals surface area contributed by atoms with E-state index in [1.165, 1.54) is 12.8 Å². The molecule has 0 aliphatic rings. The summed E-state index contributed by atoms with van der Waals surface area (Å²) in [7, 11) is 0. The Morgan fingerprint density at radius 1 is 1.24 bits per heavy atom. The lowest BCUT2D eigenvalue weighted by Gasteiger charge is -2.15. The predicted octanol–water partition coefficient (Wildman–Crippen LogP) is 3.03. The lowest BCUT2D eigenvalue weighted by atomic mass is 10.0. The van der Waals surface area contributed by atoms with Crippen LogP contribution in [-0.2, 0) is 0 Å². The first-order chi connectivity index (χ1) is 8.22. The van der Waals surface area contributed by atoms with Gasteiger partial charge in [0.25, 0.3) is 0 Å². The average molecular weight is 237 g/mol. The van der Waals surface area contributed by atoms with Gasteiger partial charge in [-0.25, -0.2) is 9.97 Å². The number of anilines is 1. The lowest BCUT2D eigenvalue weighted by molar-refractivity contribution is 0.324. The van der Waals surface area contributed by atoms with Gasteiger partial charge >= 0.3 is 0 Å². The average Bonchev–Trinajstić information content (AvgIpc) is 2.35. The largest absolute Gasteiger partial charge is 0.478 e. The molecule has 1 aromatic rings. The third-order valence-corrected chi connectivity index (χ3v) is 3.03. The zero-order chi connectivity index (χ0) is 12.7. The summed E-state index contributed by atoms with van der Waals surface area (Å²) in [5.41, 5.74) is 0.986. The molecule has 0 fully saturated rings. The Hall–Kier alpha value is -1.32. The van der Waals surface area contributed by atoms with E-state index in [9.17, 15) is 0 Å². The van der Waals surface area contributed by atoms with E-state index in [4.69, 9.17) is 4.74 Å². The minimum absolute atomic E-state index is 0.629. The van der Waals surface area contributed by atoms with E-state index in [1.54, 1.807) is 6.33 Å². The summed E-state index contributed by atoms with van der Waals surface area (Å²) in [5, 5.41) is 3.38. The van der Waals surface area contributed by atoms with Crippen LogP contribution >= 0.6 is 0 Å². The van der Waals surface area contributed by atoms with Crippen LogP contribution in [0.15, 0.2) is 6.33 Å². The van der Waals surface area contributed by atoms with E-state index >= 15 is 0 Å². The van der Waals surface area contributed by atoms with Crippen LogP contribution in [0.4, 0.5) is 5.82 Å². The lowest BCUT2D eigenvalue weighted by Crippen LogP contribution is -2.15. The Bertz CT molecular complexity index is 337. The van der Waals surface area contributed by atoms with Crippen molar-refractivity contribution in [1.82, 2.24) is 9.97 Å². The summed E-state index contributed by atoms with van der Waals surface area (Å²) in [6, 6.07) is 0. The van der Waals surface area contributed by atoms with Crippen molar-refractivity contribution in [2.45, 2.75) is 40.5 Å². The monoisotopic (exact) mass is 237 g/mol. The molecule has 4 nitrogen and oxygen atoms in total. The summed E-state index contributed by atoms with van der Waals surface area (Å²) in [6.45, 7) is 9.96. The Morgan fingerprint density at radius 2 is 1.94 bits per heavy atom. The highest BCUT2D eigenvalue weighted by Gasteiger charge is 2.09. The zero-order valence-corrected chi connectivity index (χ0v) is 11.3. The molecule has 1 heterocycles. The maximum Gasteiger partial charge on any atom is 0.221 e. The maximum absolute atomic E-state index is 5.45. The summed E-state index contributed by atoms with van der Waals surface area (Å²) < 4.78 is 5.45. The van der Waals surface area contributed by atoms with E-state index < -0.39 is 0 Å². The molecule has 0 saturated heterocycles. The van der Waals surface area contributed by atoms with Crippen molar-refractivity contribution in [2.24, 2.45) is 5.92 Å². The van der Waals surface area contributed by atoms with Crippen molar-refractivity contribution in [2.75, 3.05) is 18.5 Å². The fourth-order valence-corrected chi connectivity index (χ4v) is 1.71. The smallest absolute Gasteiger partial charge is 0.221 e. The van der Waals surface area contributed by atoms with Gasteiger partial charge in [-0.15, -0.1) is 0 Å². The van der Waals surface area contributed by atoms with Crippen LogP contribution in [0.25, 0.3) is 0 Å². The Morgan fingerprint density at radius 3 is 2.53 bits per heavy atom. The van der Waals surface area contributed by atoms with Crippen molar-refractivity contribution >= 4 is 5.82 Å². The molecule has 0 amide bonds. The van der Waals surface area contributed by atoms with E-state index in [-0.39, 0.29) is 0 Å². The molecule has 0 spiro atoms. The zero-order valence-electron chi connectivity index (χ0n) is 11.3. The van der Waals surface area contributed by atoms with E-state index in [2.05, 4.69) is 29.1 Å². The van der Waals surface area contributed by atoms with Gasteiger partial charge in [0.05, 0.1) is 12.2 Å². The van der Waals surface area contributed by atoms with E-state index in [1.807, 2.05) is 13.8 Å².